The van der Waals surface area contributed by atoms with E-state index in [1.807, 2.05) is 6.07 Å². The zero-order chi connectivity index (χ0) is 13.7. The minimum Gasteiger partial charge on any atom is -0.493 e. The molecule has 1 aromatic carbocycles. The van der Waals surface area contributed by atoms with Gasteiger partial charge in [-0.1, -0.05) is 6.07 Å². The van der Waals surface area contributed by atoms with Crippen molar-refractivity contribution < 1.29 is 9.47 Å². The first-order chi connectivity index (χ1) is 9.26. The summed E-state index contributed by atoms with van der Waals surface area (Å²) in [4.78, 5) is 0. The van der Waals surface area contributed by atoms with Crippen LogP contribution in [0.2, 0.25) is 0 Å². The number of nitrogens with zero attached hydrogens (tertiary/aromatic N) is 1. The lowest BCUT2D eigenvalue weighted by Crippen LogP contribution is -2.38. The summed E-state index contributed by atoms with van der Waals surface area (Å²) in [5.41, 5.74) is 0.523. The quantitative estimate of drug-likeness (QED) is 0.902. The summed E-state index contributed by atoms with van der Waals surface area (Å²) in [5.74, 6) is 1.66. The smallest absolute Gasteiger partial charge is 0.179 e. The molecule has 19 heavy (non-hydrogen) atoms. The molecule has 1 N–H and O–H groups in total. The summed E-state index contributed by atoms with van der Waals surface area (Å²) in [6.07, 6.45) is 2.40. The van der Waals surface area contributed by atoms with Gasteiger partial charge in [0, 0.05) is 12.5 Å². The van der Waals surface area contributed by atoms with Gasteiger partial charge in [0.2, 0.25) is 0 Å². The lowest BCUT2D eigenvalue weighted by Gasteiger charge is -2.29. The van der Waals surface area contributed by atoms with Gasteiger partial charge < -0.3 is 14.8 Å². The Balaban J connectivity index is 2.15. The molecule has 1 aromatic rings. The molecular formula is C15H20N2O2. The molecule has 0 aromatic heterocycles. The van der Waals surface area contributed by atoms with Crippen molar-refractivity contribution in [1.82, 2.24) is 5.32 Å². The predicted octanol–water partition coefficient (Wildman–Crippen LogP) is 2.33. The summed E-state index contributed by atoms with van der Waals surface area (Å²) in [5, 5.41) is 12.5. The van der Waals surface area contributed by atoms with Crippen molar-refractivity contribution in [2.45, 2.75) is 25.9 Å². The highest BCUT2D eigenvalue weighted by molar-refractivity contribution is 5.52. The maximum atomic E-state index is 9.16. The van der Waals surface area contributed by atoms with Crippen molar-refractivity contribution in [2.24, 2.45) is 5.92 Å². The lowest BCUT2D eigenvalue weighted by atomic mass is 9.94. The Labute approximate surface area is 114 Å². The van der Waals surface area contributed by atoms with Gasteiger partial charge in [0.15, 0.2) is 11.5 Å². The molecule has 0 aliphatic carbocycles. The van der Waals surface area contributed by atoms with E-state index in [-0.39, 0.29) is 6.10 Å². The van der Waals surface area contributed by atoms with E-state index in [4.69, 9.17) is 14.7 Å². The molecule has 1 heterocycles. The highest BCUT2D eigenvalue weighted by Gasteiger charge is 2.23. The average molecular weight is 260 g/mol. The highest BCUT2D eigenvalue weighted by atomic mass is 16.5. The van der Waals surface area contributed by atoms with E-state index in [0.29, 0.717) is 23.0 Å². The molecule has 0 spiro atoms. The second-order valence-corrected chi connectivity index (χ2v) is 4.88. The Kier molecular flexibility index (Phi) is 4.64. The number of rotatable bonds is 4. The molecule has 1 saturated heterocycles. The first kappa shape index (κ1) is 13.7. The van der Waals surface area contributed by atoms with Gasteiger partial charge >= 0.3 is 0 Å². The van der Waals surface area contributed by atoms with Crippen LogP contribution in [-0.4, -0.2) is 26.3 Å². The molecular weight excluding hydrogens is 240 g/mol. The van der Waals surface area contributed by atoms with E-state index >= 15 is 0 Å². The number of hydrogen-bond donors (Lipinski definition) is 1. The van der Waals surface area contributed by atoms with Gasteiger partial charge in [-0.3, -0.25) is 0 Å². The van der Waals surface area contributed by atoms with Gasteiger partial charge in [0.05, 0.1) is 12.7 Å². The number of ether oxygens (including phenoxy) is 2. The number of nitrogens with one attached hydrogen (secondary N) is 1. The Morgan fingerprint density at radius 1 is 1.47 bits per heavy atom. The molecule has 0 bridgehead atoms. The second-order valence-electron chi connectivity index (χ2n) is 4.88. The largest absolute Gasteiger partial charge is 0.493 e. The van der Waals surface area contributed by atoms with Gasteiger partial charge in [-0.2, -0.15) is 5.26 Å². The van der Waals surface area contributed by atoms with Gasteiger partial charge in [-0.15, -0.1) is 0 Å². The third-order valence-corrected chi connectivity index (χ3v) is 3.62. The Morgan fingerprint density at radius 2 is 2.32 bits per heavy atom. The molecule has 2 atom stereocenters. The van der Waals surface area contributed by atoms with E-state index in [0.717, 1.165) is 19.5 Å². The minimum absolute atomic E-state index is 0.0659. The number of piperidine rings is 1. The van der Waals surface area contributed by atoms with Crippen LogP contribution in [0, 0.1) is 17.2 Å². The van der Waals surface area contributed by atoms with Crippen molar-refractivity contribution in [2.75, 3.05) is 20.2 Å². The van der Waals surface area contributed by atoms with E-state index in [1.54, 1.807) is 19.2 Å². The van der Waals surface area contributed by atoms with Crippen LogP contribution < -0.4 is 14.8 Å². The summed E-state index contributed by atoms with van der Waals surface area (Å²) in [6, 6.07) is 7.54. The van der Waals surface area contributed by atoms with Gasteiger partial charge in [0.25, 0.3) is 0 Å². The normalized spacial score (nSPS) is 20.4. The van der Waals surface area contributed by atoms with Gasteiger partial charge in [-0.05, 0) is 38.4 Å². The standard InChI is InChI=1S/C15H20N2O2/c1-11(13-6-4-8-17-10-13)19-15-12(9-16)5-3-7-14(15)18-2/h3,5,7,11,13,17H,4,6,8,10H2,1-2H3. The third kappa shape index (κ3) is 3.18. The van der Waals surface area contributed by atoms with E-state index in [9.17, 15) is 0 Å². The van der Waals surface area contributed by atoms with Crippen LogP contribution in [0.1, 0.15) is 25.3 Å². The van der Waals surface area contributed by atoms with E-state index in [2.05, 4.69) is 18.3 Å². The van der Waals surface area contributed by atoms with E-state index in [1.165, 1.54) is 6.42 Å². The first-order valence-electron chi connectivity index (χ1n) is 6.70. The van der Waals surface area contributed by atoms with Gasteiger partial charge in [-0.25, -0.2) is 0 Å². The lowest BCUT2D eigenvalue weighted by molar-refractivity contribution is 0.127. The zero-order valence-electron chi connectivity index (χ0n) is 11.5. The molecule has 1 aliphatic heterocycles. The predicted molar refractivity (Wildman–Crippen MR) is 73.4 cm³/mol. The van der Waals surface area contributed by atoms with Crippen LogP contribution >= 0.6 is 0 Å². The summed E-state index contributed by atoms with van der Waals surface area (Å²) in [7, 11) is 1.59. The van der Waals surface area contributed by atoms with Crippen molar-refractivity contribution in [3.05, 3.63) is 23.8 Å². The van der Waals surface area contributed by atoms with Crippen LogP contribution in [0.3, 0.4) is 0 Å². The fourth-order valence-corrected chi connectivity index (χ4v) is 2.45. The van der Waals surface area contributed by atoms with E-state index < -0.39 is 0 Å². The van der Waals surface area contributed by atoms with Crippen LogP contribution in [-0.2, 0) is 0 Å². The van der Waals surface area contributed by atoms with Crippen molar-refractivity contribution >= 4 is 0 Å². The molecule has 0 amide bonds. The molecule has 2 unspecified atom stereocenters. The summed E-state index contributed by atoms with van der Waals surface area (Å²) < 4.78 is 11.3. The Hall–Kier alpha value is -1.73. The molecule has 0 saturated carbocycles. The monoisotopic (exact) mass is 260 g/mol. The van der Waals surface area contributed by atoms with Crippen molar-refractivity contribution in [1.29, 1.82) is 5.26 Å². The molecule has 4 nitrogen and oxygen atoms in total. The number of hydrogen-bond acceptors (Lipinski definition) is 4. The maximum Gasteiger partial charge on any atom is 0.179 e. The average Bonchev–Trinajstić information content (AvgIpc) is 2.48. The SMILES string of the molecule is COc1cccc(C#N)c1OC(C)C1CCCNC1. The number of benzene rings is 1. The topological polar surface area (TPSA) is 54.3 Å². The molecule has 0 radical (unpaired) electrons. The second kappa shape index (κ2) is 6.44. The first-order valence-corrected chi connectivity index (χ1v) is 6.70. The van der Waals surface area contributed by atoms with Crippen molar-refractivity contribution in [3.63, 3.8) is 0 Å². The van der Waals surface area contributed by atoms with Gasteiger partial charge in [0.1, 0.15) is 12.2 Å². The summed E-state index contributed by atoms with van der Waals surface area (Å²) >= 11 is 0. The number of nitriles is 1. The number of methoxy groups -OCH3 is 1. The fraction of sp³-hybridized carbons (Fsp3) is 0.533. The van der Waals surface area contributed by atoms with Crippen molar-refractivity contribution in [3.8, 4) is 17.6 Å². The fourth-order valence-electron chi connectivity index (χ4n) is 2.45. The molecule has 2 rings (SSSR count). The van der Waals surface area contributed by atoms with Crippen LogP contribution in [0.5, 0.6) is 11.5 Å². The molecule has 1 fully saturated rings. The maximum absolute atomic E-state index is 9.16. The molecule has 4 heteroatoms. The Bertz CT molecular complexity index is 462. The summed E-state index contributed by atoms with van der Waals surface area (Å²) in [6.45, 7) is 4.12. The minimum atomic E-state index is 0.0659. The highest BCUT2D eigenvalue weighted by Crippen LogP contribution is 2.33. The van der Waals surface area contributed by atoms with Crippen LogP contribution in [0.25, 0.3) is 0 Å². The van der Waals surface area contributed by atoms with Crippen LogP contribution in [0.4, 0.5) is 0 Å². The Morgan fingerprint density at radius 3 is 2.95 bits per heavy atom. The third-order valence-electron chi connectivity index (χ3n) is 3.62. The zero-order valence-corrected chi connectivity index (χ0v) is 11.5. The molecule has 102 valence electrons. The van der Waals surface area contributed by atoms with Crippen LogP contribution in [0.15, 0.2) is 18.2 Å². The molecule has 1 aliphatic rings. The number of para-hydroxylation sites is 1.